The van der Waals surface area contributed by atoms with Gasteiger partial charge in [0.25, 0.3) is 0 Å². The van der Waals surface area contributed by atoms with Crippen LogP contribution < -0.4 is 0 Å². The third-order valence-electron chi connectivity index (χ3n) is 13.2. The highest BCUT2D eigenvalue weighted by Gasteiger charge is 2.41. The number of benzene rings is 9. The van der Waals surface area contributed by atoms with E-state index in [2.05, 4.69) is 205 Å². The average molecular weight is 725 g/mol. The second-order valence-corrected chi connectivity index (χ2v) is 16.4. The first-order chi connectivity index (χ1) is 28.1. The molecule has 0 radical (unpaired) electrons. The van der Waals surface area contributed by atoms with Crippen molar-refractivity contribution in [3.05, 3.63) is 193 Å². The maximum absolute atomic E-state index is 2.57. The molecule has 2 nitrogen and oxygen atoms in total. The number of fused-ring (bicyclic) bond motifs is 15. The van der Waals surface area contributed by atoms with Crippen molar-refractivity contribution in [3.8, 4) is 55.9 Å². The molecule has 266 valence electrons. The van der Waals surface area contributed by atoms with Gasteiger partial charge in [0.1, 0.15) is 0 Å². The fourth-order valence-corrected chi connectivity index (χ4v) is 10.9. The SMILES string of the molecule is CC1(C)c2ccccc2-c2c1c1c3ccccc3n(-c3cccc(-c4ccc5c6c(cccc46)-c4ccccc4-5)c3)c1c1c2c2ccccc2n1-c1ccccc1. The van der Waals surface area contributed by atoms with Gasteiger partial charge in [0.15, 0.2) is 0 Å². The van der Waals surface area contributed by atoms with Gasteiger partial charge in [-0.25, -0.2) is 0 Å². The van der Waals surface area contributed by atoms with Crippen molar-refractivity contribution in [2.45, 2.75) is 19.3 Å². The predicted octanol–water partition coefficient (Wildman–Crippen LogP) is 14.7. The van der Waals surface area contributed by atoms with Crippen LogP contribution in [0.4, 0.5) is 0 Å². The van der Waals surface area contributed by atoms with Crippen molar-refractivity contribution >= 4 is 54.4 Å². The number of para-hydroxylation sites is 3. The average Bonchev–Trinajstić information content (AvgIpc) is 3.96. The number of aromatic nitrogens is 2. The summed E-state index contributed by atoms with van der Waals surface area (Å²) in [5.41, 5.74) is 20.3. The Bertz CT molecular complexity index is 3510. The lowest BCUT2D eigenvalue weighted by Crippen LogP contribution is -2.15. The zero-order valence-electron chi connectivity index (χ0n) is 31.7. The Kier molecular flexibility index (Phi) is 6.00. The Morgan fingerprint density at radius 1 is 0.368 bits per heavy atom. The summed E-state index contributed by atoms with van der Waals surface area (Å²) in [5.74, 6) is 0. The summed E-state index contributed by atoms with van der Waals surface area (Å²) in [6.07, 6.45) is 0. The van der Waals surface area contributed by atoms with Gasteiger partial charge in [0, 0.05) is 38.3 Å². The Morgan fingerprint density at radius 3 is 1.67 bits per heavy atom. The maximum Gasteiger partial charge on any atom is 0.0795 e. The van der Waals surface area contributed by atoms with E-state index in [1.807, 2.05) is 0 Å². The van der Waals surface area contributed by atoms with Crippen molar-refractivity contribution in [1.29, 1.82) is 0 Å². The van der Waals surface area contributed by atoms with Crippen LogP contribution in [0, 0.1) is 0 Å². The van der Waals surface area contributed by atoms with Gasteiger partial charge in [-0.2, -0.15) is 0 Å². The van der Waals surface area contributed by atoms with Gasteiger partial charge >= 0.3 is 0 Å². The standard InChI is InChI=1S/C55H36N2/c1-55(2)45-27-11-8-22-42(45)49-50-43-23-9-12-28-46(43)56(34-17-4-3-5-18-34)53(50)54-51(52(49)55)44-24-10-13-29-47(44)57(54)35-19-14-16-33(32-35)36-30-31-41-38-21-7-6-20-37(38)40-26-15-25-39(36)48(40)41/h3-32H,1-2H3. The van der Waals surface area contributed by atoms with Crippen LogP contribution in [0.1, 0.15) is 25.0 Å². The summed E-state index contributed by atoms with van der Waals surface area (Å²) in [4.78, 5) is 0. The minimum absolute atomic E-state index is 0.215. The van der Waals surface area contributed by atoms with Crippen LogP contribution in [0.25, 0.3) is 110 Å². The van der Waals surface area contributed by atoms with Gasteiger partial charge < -0.3 is 9.13 Å². The molecule has 0 spiro atoms. The number of nitrogens with zero attached hydrogens (tertiary/aromatic N) is 2. The molecular weight excluding hydrogens is 689 g/mol. The molecule has 0 saturated heterocycles. The molecule has 2 aromatic heterocycles. The fourth-order valence-electron chi connectivity index (χ4n) is 10.9. The molecule has 0 aliphatic heterocycles. The van der Waals surface area contributed by atoms with Crippen molar-refractivity contribution in [2.24, 2.45) is 0 Å². The highest BCUT2D eigenvalue weighted by molar-refractivity contribution is 6.31. The van der Waals surface area contributed by atoms with E-state index in [1.54, 1.807) is 0 Å². The molecule has 2 heterocycles. The van der Waals surface area contributed by atoms with Crippen LogP contribution >= 0.6 is 0 Å². The molecule has 0 fully saturated rings. The number of rotatable bonds is 3. The molecule has 9 aromatic carbocycles. The van der Waals surface area contributed by atoms with Crippen LogP contribution in [0.2, 0.25) is 0 Å². The van der Waals surface area contributed by atoms with Gasteiger partial charge in [-0.3, -0.25) is 0 Å². The summed E-state index contributed by atoms with van der Waals surface area (Å²) < 4.78 is 5.10. The number of hydrogen-bond acceptors (Lipinski definition) is 0. The van der Waals surface area contributed by atoms with E-state index < -0.39 is 0 Å². The van der Waals surface area contributed by atoms with Gasteiger partial charge in [-0.1, -0.05) is 159 Å². The van der Waals surface area contributed by atoms with E-state index in [1.165, 1.54) is 110 Å². The third kappa shape index (κ3) is 3.90. The lowest BCUT2D eigenvalue weighted by atomic mass is 9.80. The van der Waals surface area contributed by atoms with E-state index in [4.69, 9.17) is 0 Å². The molecule has 2 aliphatic rings. The normalized spacial score (nSPS) is 13.6. The third-order valence-corrected chi connectivity index (χ3v) is 13.2. The first-order valence-corrected chi connectivity index (χ1v) is 20.0. The molecule has 0 saturated carbocycles. The molecule has 0 unspecified atom stereocenters. The quantitative estimate of drug-likeness (QED) is 0.172. The minimum Gasteiger partial charge on any atom is -0.307 e. The molecule has 2 heteroatoms. The van der Waals surface area contributed by atoms with Gasteiger partial charge in [0.05, 0.1) is 22.1 Å². The summed E-state index contributed by atoms with van der Waals surface area (Å²) in [6.45, 7) is 4.86. The molecule has 0 bridgehead atoms. The fraction of sp³-hybridized carbons (Fsp3) is 0.0545. The minimum atomic E-state index is -0.215. The van der Waals surface area contributed by atoms with Crippen LogP contribution in [0.5, 0.6) is 0 Å². The van der Waals surface area contributed by atoms with Crippen LogP contribution in [-0.4, -0.2) is 9.13 Å². The van der Waals surface area contributed by atoms with Crippen molar-refractivity contribution in [3.63, 3.8) is 0 Å². The predicted molar refractivity (Wildman–Crippen MR) is 240 cm³/mol. The highest BCUT2D eigenvalue weighted by atomic mass is 15.0. The second kappa shape index (κ2) is 11.0. The van der Waals surface area contributed by atoms with E-state index >= 15 is 0 Å². The van der Waals surface area contributed by atoms with E-state index in [9.17, 15) is 0 Å². The first kappa shape index (κ1) is 31.1. The molecule has 13 rings (SSSR count). The van der Waals surface area contributed by atoms with Gasteiger partial charge in [-0.05, 0) is 103 Å². The first-order valence-electron chi connectivity index (χ1n) is 20.0. The molecule has 2 aliphatic carbocycles. The summed E-state index contributed by atoms with van der Waals surface area (Å²) >= 11 is 0. The Hall–Kier alpha value is -7.16. The van der Waals surface area contributed by atoms with Gasteiger partial charge in [-0.15, -0.1) is 0 Å². The summed E-state index contributed by atoms with van der Waals surface area (Å²) in [6, 6.07) is 67.8. The molecule has 11 aromatic rings. The topological polar surface area (TPSA) is 9.86 Å². The molecule has 0 N–H and O–H groups in total. The zero-order chi connectivity index (χ0) is 37.6. The van der Waals surface area contributed by atoms with Crippen molar-refractivity contribution < 1.29 is 0 Å². The second-order valence-electron chi connectivity index (χ2n) is 16.4. The highest BCUT2D eigenvalue weighted by Crippen LogP contribution is 2.58. The Morgan fingerprint density at radius 2 is 0.895 bits per heavy atom. The largest absolute Gasteiger partial charge is 0.307 e. The Balaban J connectivity index is 1.20. The zero-order valence-corrected chi connectivity index (χ0v) is 31.7. The smallest absolute Gasteiger partial charge is 0.0795 e. The van der Waals surface area contributed by atoms with Crippen LogP contribution in [0.3, 0.4) is 0 Å². The van der Waals surface area contributed by atoms with Crippen molar-refractivity contribution in [2.75, 3.05) is 0 Å². The maximum atomic E-state index is 2.57. The van der Waals surface area contributed by atoms with Gasteiger partial charge in [0.2, 0.25) is 0 Å². The van der Waals surface area contributed by atoms with E-state index in [0.29, 0.717) is 0 Å². The lowest BCUT2D eigenvalue weighted by molar-refractivity contribution is 0.667. The lowest BCUT2D eigenvalue weighted by Gasteiger charge is -2.23. The van der Waals surface area contributed by atoms with E-state index in [0.717, 1.165) is 11.4 Å². The monoisotopic (exact) mass is 724 g/mol. The molecule has 0 atom stereocenters. The van der Waals surface area contributed by atoms with Crippen molar-refractivity contribution in [1.82, 2.24) is 9.13 Å². The van der Waals surface area contributed by atoms with Crippen LogP contribution in [-0.2, 0) is 5.41 Å². The van der Waals surface area contributed by atoms with E-state index in [-0.39, 0.29) is 5.41 Å². The molecule has 0 amide bonds. The summed E-state index contributed by atoms with van der Waals surface area (Å²) in [5, 5.41) is 7.87. The number of hydrogen-bond donors (Lipinski definition) is 0. The molecule has 57 heavy (non-hydrogen) atoms. The van der Waals surface area contributed by atoms with Crippen LogP contribution in [0.15, 0.2) is 182 Å². The molecular formula is C55H36N2. The Labute approximate surface area is 330 Å². The summed E-state index contributed by atoms with van der Waals surface area (Å²) in [7, 11) is 0.